The van der Waals surface area contributed by atoms with E-state index < -0.39 is 41.6 Å². The van der Waals surface area contributed by atoms with Crippen molar-refractivity contribution in [3.8, 4) is 0 Å². The SMILES string of the molecule is CC[C@H]1OC(=O)[C@@](C)(F)C(=O)[C@H](C)C[C@@H](C)CCC(=O)/C(C)=C/[C@@H]1OC(=O)n1ccnc1. The van der Waals surface area contributed by atoms with Crippen LogP contribution in [0.5, 0.6) is 0 Å². The lowest BCUT2D eigenvalue weighted by molar-refractivity contribution is -0.171. The van der Waals surface area contributed by atoms with Crippen LogP contribution in [0.25, 0.3) is 0 Å². The lowest BCUT2D eigenvalue weighted by Gasteiger charge is -2.29. The van der Waals surface area contributed by atoms with E-state index >= 15 is 4.39 Å². The molecule has 2 heterocycles. The molecule has 0 spiro atoms. The first kappa shape index (κ1) is 25.4. The highest BCUT2D eigenvalue weighted by Gasteiger charge is 2.46. The van der Waals surface area contributed by atoms with Crippen LogP contribution in [-0.2, 0) is 23.9 Å². The molecule has 0 aromatic carbocycles. The van der Waals surface area contributed by atoms with E-state index in [1.807, 2.05) is 6.92 Å². The molecule has 8 nitrogen and oxygen atoms in total. The number of ether oxygens (including phenoxy) is 2. The van der Waals surface area contributed by atoms with Gasteiger partial charge in [-0.15, -0.1) is 0 Å². The van der Waals surface area contributed by atoms with E-state index in [0.29, 0.717) is 18.4 Å². The molecule has 1 aromatic rings. The summed E-state index contributed by atoms with van der Waals surface area (Å²) < 4.78 is 27.1. The molecule has 0 bridgehead atoms. The zero-order valence-electron chi connectivity index (χ0n) is 19.2. The lowest BCUT2D eigenvalue weighted by Crippen LogP contribution is -2.47. The van der Waals surface area contributed by atoms with E-state index in [1.165, 1.54) is 24.8 Å². The summed E-state index contributed by atoms with van der Waals surface area (Å²) >= 11 is 0. The van der Waals surface area contributed by atoms with E-state index in [-0.39, 0.29) is 24.5 Å². The topological polar surface area (TPSA) is 105 Å². The normalized spacial score (nSPS) is 32.4. The number of ketones is 2. The molecule has 32 heavy (non-hydrogen) atoms. The van der Waals surface area contributed by atoms with Crippen LogP contribution in [0, 0.1) is 11.8 Å². The smallest absolute Gasteiger partial charge is 0.419 e. The summed E-state index contributed by atoms with van der Waals surface area (Å²) in [6.07, 6.45) is 3.59. The van der Waals surface area contributed by atoms with Gasteiger partial charge in [-0.2, -0.15) is 0 Å². The van der Waals surface area contributed by atoms with Crippen molar-refractivity contribution in [2.75, 3.05) is 0 Å². The predicted octanol–water partition coefficient (Wildman–Crippen LogP) is 3.83. The minimum Gasteiger partial charge on any atom is -0.455 e. The van der Waals surface area contributed by atoms with Gasteiger partial charge in [-0.05, 0) is 50.7 Å². The van der Waals surface area contributed by atoms with Gasteiger partial charge in [-0.25, -0.2) is 23.5 Å². The molecular formula is C23H31FN2O6. The van der Waals surface area contributed by atoms with Crippen molar-refractivity contribution in [3.63, 3.8) is 0 Å². The number of Topliss-reactive ketones (excluding diaryl/α,β-unsaturated/α-hetero) is 2. The number of carbonyl (C=O) groups excluding carboxylic acids is 4. The van der Waals surface area contributed by atoms with Crippen molar-refractivity contribution in [1.29, 1.82) is 0 Å². The Kier molecular flexibility index (Phi) is 8.46. The Labute approximate surface area is 187 Å². The predicted molar refractivity (Wildman–Crippen MR) is 114 cm³/mol. The molecule has 176 valence electrons. The summed E-state index contributed by atoms with van der Waals surface area (Å²) in [4.78, 5) is 54.2. The number of halogens is 1. The lowest BCUT2D eigenvalue weighted by atomic mass is 9.84. The second-order valence-corrected chi connectivity index (χ2v) is 8.59. The monoisotopic (exact) mass is 450 g/mol. The number of esters is 1. The number of allylic oxidation sites excluding steroid dienone is 1. The van der Waals surface area contributed by atoms with Crippen LogP contribution < -0.4 is 0 Å². The van der Waals surface area contributed by atoms with E-state index in [4.69, 9.17) is 9.47 Å². The molecule has 0 saturated heterocycles. The molecule has 0 unspecified atom stereocenters. The van der Waals surface area contributed by atoms with Crippen molar-refractivity contribution >= 4 is 23.6 Å². The molecule has 1 aliphatic rings. The third-order valence-corrected chi connectivity index (χ3v) is 5.75. The number of cyclic esters (lactones) is 1. The Bertz CT molecular complexity index is 877. The molecule has 9 heteroatoms. The Morgan fingerprint density at radius 3 is 2.62 bits per heavy atom. The van der Waals surface area contributed by atoms with Crippen LogP contribution >= 0.6 is 0 Å². The number of alkyl halides is 1. The average Bonchev–Trinajstić information content (AvgIpc) is 3.28. The molecule has 1 aliphatic heterocycles. The third kappa shape index (κ3) is 6.11. The van der Waals surface area contributed by atoms with Crippen molar-refractivity contribution in [2.45, 2.75) is 78.2 Å². The maximum Gasteiger partial charge on any atom is 0.419 e. The van der Waals surface area contributed by atoms with Gasteiger partial charge in [0.05, 0.1) is 0 Å². The zero-order valence-corrected chi connectivity index (χ0v) is 19.2. The van der Waals surface area contributed by atoms with Crippen LogP contribution in [0.15, 0.2) is 30.4 Å². The van der Waals surface area contributed by atoms with Crippen LogP contribution in [0.2, 0.25) is 0 Å². The highest BCUT2D eigenvalue weighted by molar-refractivity contribution is 6.07. The Hall–Kier alpha value is -2.84. The molecule has 0 N–H and O–H groups in total. The first-order valence-electron chi connectivity index (χ1n) is 10.8. The number of nitrogens with zero attached hydrogens (tertiary/aromatic N) is 2. The number of rotatable bonds is 2. The Balaban J connectivity index is 2.43. The highest BCUT2D eigenvalue weighted by Crippen LogP contribution is 2.28. The molecule has 0 radical (unpaired) electrons. The third-order valence-electron chi connectivity index (χ3n) is 5.75. The highest BCUT2D eigenvalue weighted by atomic mass is 19.1. The van der Waals surface area contributed by atoms with E-state index in [9.17, 15) is 19.2 Å². The number of hydrogen-bond acceptors (Lipinski definition) is 7. The fourth-order valence-corrected chi connectivity index (χ4v) is 3.70. The molecule has 1 aromatic heterocycles. The summed E-state index contributed by atoms with van der Waals surface area (Å²) in [6.45, 7) is 7.59. The fourth-order valence-electron chi connectivity index (χ4n) is 3.70. The second-order valence-electron chi connectivity index (χ2n) is 8.59. The first-order valence-corrected chi connectivity index (χ1v) is 10.8. The molecular weight excluding hydrogens is 419 g/mol. The van der Waals surface area contributed by atoms with Crippen molar-refractivity contribution in [3.05, 3.63) is 30.4 Å². The maximum atomic E-state index is 15.3. The second kappa shape index (κ2) is 10.7. The maximum absolute atomic E-state index is 15.3. The molecule has 2 rings (SSSR count). The summed E-state index contributed by atoms with van der Waals surface area (Å²) in [7, 11) is 0. The minimum absolute atomic E-state index is 0.0290. The minimum atomic E-state index is -2.84. The van der Waals surface area contributed by atoms with Gasteiger partial charge in [-0.1, -0.05) is 20.8 Å². The molecule has 0 saturated carbocycles. The van der Waals surface area contributed by atoms with Gasteiger partial charge < -0.3 is 9.47 Å². The van der Waals surface area contributed by atoms with E-state index in [2.05, 4.69) is 4.98 Å². The van der Waals surface area contributed by atoms with Gasteiger partial charge >= 0.3 is 12.1 Å². The number of imidazole rings is 1. The molecule has 5 atom stereocenters. The van der Waals surface area contributed by atoms with Crippen LogP contribution in [-0.4, -0.2) is 51.1 Å². The Morgan fingerprint density at radius 1 is 1.34 bits per heavy atom. The van der Waals surface area contributed by atoms with Gasteiger partial charge in [0.1, 0.15) is 12.4 Å². The first-order chi connectivity index (χ1) is 15.0. The summed E-state index contributed by atoms with van der Waals surface area (Å²) in [5.74, 6) is -3.11. The number of hydrogen-bond donors (Lipinski definition) is 0. The summed E-state index contributed by atoms with van der Waals surface area (Å²) in [5.41, 5.74) is -2.50. The van der Waals surface area contributed by atoms with Crippen LogP contribution in [0.4, 0.5) is 9.18 Å². The van der Waals surface area contributed by atoms with Gasteiger partial charge in [0, 0.05) is 24.7 Å². The van der Waals surface area contributed by atoms with Crippen molar-refractivity contribution in [2.24, 2.45) is 11.8 Å². The largest absolute Gasteiger partial charge is 0.455 e. The van der Waals surface area contributed by atoms with Gasteiger partial charge in [-0.3, -0.25) is 9.59 Å². The quantitative estimate of drug-likeness (QED) is 0.498. The van der Waals surface area contributed by atoms with Crippen LogP contribution in [0.1, 0.15) is 60.3 Å². The number of aromatic nitrogens is 2. The van der Waals surface area contributed by atoms with E-state index in [0.717, 1.165) is 11.5 Å². The number of carbonyl (C=O) groups is 4. The van der Waals surface area contributed by atoms with E-state index in [1.54, 1.807) is 20.8 Å². The summed E-state index contributed by atoms with van der Waals surface area (Å²) in [6, 6.07) is 0. The summed E-state index contributed by atoms with van der Waals surface area (Å²) in [5, 5.41) is 0. The van der Waals surface area contributed by atoms with Crippen molar-refractivity contribution < 1.29 is 33.0 Å². The van der Waals surface area contributed by atoms with Crippen molar-refractivity contribution in [1.82, 2.24) is 9.55 Å². The van der Waals surface area contributed by atoms with Crippen LogP contribution in [0.3, 0.4) is 0 Å². The Morgan fingerprint density at radius 2 is 2.03 bits per heavy atom. The fraction of sp³-hybridized carbons (Fsp3) is 0.609. The zero-order chi connectivity index (χ0) is 24.1. The van der Waals surface area contributed by atoms with Gasteiger partial charge in [0.25, 0.3) is 5.67 Å². The molecule has 0 amide bonds. The molecule has 0 fully saturated rings. The molecule has 0 aliphatic carbocycles. The van der Waals surface area contributed by atoms with Gasteiger partial charge in [0.15, 0.2) is 17.7 Å². The van der Waals surface area contributed by atoms with Gasteiger partial charge in [0.2, 0.25) is 0 Å². The average molecular weight is 451 g/mol. The standard InChI is InChI=1S/C23H31FN2O6/c1-6-18-19(32-22(30)26-10-9-25-13-26)12-15(3)17(27)8-7-14(2)11-16(4)20(28)23(5,24)21(29)31-18/h9-10,12-14,16,18-19H,6-8,11H2,1-5H3/b15-12+/t14-,16+,18+,19-,23-/m0/s1.